The van der Waals surface area contributed by atoms with Gasteiger partial charge < -0.3 is 5.32 Å². The van der Waals surface area contributed by atoms with E-state index >= 15 is 0 Å². The summed E-state index contributed by atoms with van der Waals surface area (Å²) in [5.41, 5.74) is 0.545. The molecule has 3 rings (SSSR count). The Hall–Kier alpha value is -2.51. The van der Waals surface area contributed by atoms with Gasteiger partial charge in [-0.3, -0.25) is 14.9 Å². The summed E-state index contributed by atoms with van der Waals surface area (Å²) in [7, 11) is 0. The van der Waals surface area contributed by atoms with Gasteiger partial charge >= 0.3 is 0 Å². The van der Waals surface area contributed by atoms with Crippen molar-refractivity contribution < 1.29 is 14.1 Å². The number of amides is 1. The highest BCUT2D eigenvalue weighted by atomic mass is 35.5. The Balaban J connectivity index is 2.00. The number of carbonyl (C=O) groups is 1. The van der Waals surface area contributed by atoms with Crippen molar-refractivity contribution in [3.05, 3.63) is 67.8 Å². The molecule has 1 heterocycles. The van der Waals surface area contributed by atoms with Crippen LogP contribution in [0.3, 0.4) is 0 Å². The van der Waals surface area contributed by atoms with Crippen molar-refractivity contribution in [3.63, 3.8) is 0 Å². The highest BCUT2D eigenvalue weighted by Gasteiger charge is 2.21. The molecule has 0 fully saturated rings. The number of thiophene rings is 1. The third-order valence-corrected chi connectivity index (χ3v) is 5.21. The van der Waals surface area contributed by atoms with E-state index in [4.69, 9.17) is 11.6 Å². The quantitative estimate of drug-likeness (QED) is 0.515. The lowest BCUT2D eigenvalue weighted by atomic mass is 10.1. The molecule has 0 saturated carbocycles. The minimum atomic E-state index is -0.538. The van der Waals surface area contributed by atoms with Crippen LogP contribution in [0, 0.1) is 22.9 Å². The molecule has 0 saturated heterocycles. The van der Waals surface area contributed by atoms with Crippen molar-refractivity contribution in [2.45, 2.75) is 6.92 Å². The molecule has 2 aromatic carbocycles. The maximum absolute atomic E-state index is 13.9. The van der Waals surface area contributed by atoms with Crippen molar-refractivity contribution in [1.82, 2.24) is 0 Å². The van der Waals surface area contributed by atoms with Gasteiger partial charge in [-0.05, 0) is 25.1 Å². The van der Waals surface area contributed by atoms with Crippen molar-refractivity contribution in [3.8, 4) is 0 Å². The molecule has 8 heteroatoms. The molecule has 0 bridgehead atoms. The molecule has 0 atom stereocenters. The van der Waals surface area contributed by atoms with Crippen LogP contribution >= 0.6 is 22.9 Å². The van der Waals surface area contributed by atoms with Crippen molar-refractivity contribution in [2.75, 3.05) is 5.32 Å². The minimum absolute atomic E-state index is 0.0358. The summed E-state index contributed by atoms with van der Waals surface area (Å²) in [6.07, 6.45) is 0. The average Bonchev–Trinajstić information content (AvgIpc) is 2.87. The number of hydrogen-bond donors (Lipinski definition) is 1. The predicted octanol–water partition coefficient (Wildman–Crippen LogP) is 5.16. The van der Waals surface area contributed by atoms with Crippen molar-refractivity contribution in [2.24, 2.45) is 0 Å². The number of nitrogens with one attached hydrogen (secondary N) is 1. The molecule has 0 radical (unpaired) electrons. The summed E-state index contributed by atoms with van der Waals surface area (Å²) in [6.45, 7) is 1.54. The number of rotatable bonds is 3. The van der Waals surface area contributed by atoms with Crippen LogP contribution in [0.1, 0.15) is 15.2 Å². The van der Waals surface area contributed by atoms with Gasteiger partial charge in [0.25, 0.3) is 11.6 Å². The number of anilines is 1. The minimum Gasteiger partial charge on any atom is -0.321 e. The number of fused-ring (bicyclic) bond motifs is 1. The summed E-state index contributed by atoms with van der Waals surface area (Å²) in [5.74, 6) is -1.04. The van der Waals surface area contributed by atoms with Crippen LogP contribution in [-0.4, -0.2) is 10.8 Å². The largest absolute Gasteiger partial charge is 0.321 e. The SMILES string of the molecule is Cc1c(NC(=O)c2sc3cccc(F)c3c2Cl)cccc1[N+](=O)[O-]. The molecule has 5 nitrogen and oxygen atoms in total. The summed E-state index contributed by atoms with van der Waals surface area (Å²) in [6, 6.07) is 8.87. The zero-order valence-electron chi connectivity index (χ0n) is 12.3. The zero-order valence-corrected chi connectivity index (χ0v) is 13.9. The number of hydrogen-bond acceptors (Lipinski definition) is 4. The Morgan fingerprint density at radius 2 is 2.00 bits per heavy atom. The number of benzene rings is 2. The fourth-order valence-electron chi connectivity index (χ4n) is 2.35. The summed E-state index contributed by atoms with van der Waals surface area (Å²) >= 11 is 7.21. The van der Waals surface area contributed by atoms with Gasteiger partial charge in [-0.15, -0.1) is 11.3 Å². The fraction of sp³-hybridized carbons (Fsp3) is 0.0625. The zero-order chi connectivity index (χ0) is 17.4. The lowest BCUT2D eigenvalue weighted by Crippen LogP contribution is -2.12. The first-order valence-corrected chi connectivity index (χ1v) is 8.01. The second-order valence-corrected chi connectivity index (χ2v) is 6.45. The lowest BCUT2D eigenvalue weighted by molar-refractivity contribution is -0.385. The van der Waals surface area contributed by atoms with E-state index in [9.17, 15) is 19.3 Å². The molecule has 0 spiro atoms. The Labute approximate surface area is 144 Å². The standard InChI is InChI=1S/C16H10ClFN2O3S/c1-8-10(5-3-6-11(8)20(22)23)19-16(21)15-14(17)13-9(18)4-2-7-12(13)24-15/h2-7H,1H3,(H,19,21). The molecule has 1 N–H and O–H groups in total. The molecule has 0 aliphatic carbocycles. The monoisotopic (exact) mass is 364 g/mol. The highest BCUT2D eigenvalue weighted by molar-refractivity contribution is 7.21. The molecule has 0 unspecified atom stereocenters. The Morgan fingerprint density at radius 1 is 1.29 bits per heavy atom. The number of nitrogens with zero attached hydrogens (tertiary/aromatic N) is 1. The van der Waals surface area contributed by atoms with E-state index in [1.165, 1.54) is 24.3 Å². The molecule has 122 valence electrons. The van der Waals surface area contributed by atoms with E-state index in [1.54, 1.807) is 19.1 Å². The maximum atomic E-state index is 13.9. The van der Waals surface area contributed by atoms with E-state index < -0.39 is 16.6 Å². The number of nitro benzene ring substituents is 1. The normalized spacial score (nSPS) is 10.8. The van der Waals surface area contributed by atoms with E-state index in [1.807, 2.05) is 0 Å². The van der Waals surface area contributed by atoms with E-state index in [0.29, 0.717) is 16.0 Å². The van der Waals surface area contributed by atoms with Gasteiger partial charge in [0.1, 0.15) is 10.7 Å². The fourth-order valence-corrected chi connectivity index (χ4v) is 3.81. The average molecular weight is 365 g/mol. The number of carbonyl (C=O) groups excluding carboxylic acids is 1. The van der Waals surface area contributed by atoms with Gasteiger partial charge in [0.15, 0.2) is 0 Å². The van der Waals surface area contributed by atoms with Gasteiger partial charge in [-0.2, -0.15) is 0 Å². The van der Waals surface area contributed by atoms with Gasteiger partial charge in [0.2, 0.25) is 0 Å². The molecule has 0 aliphatic rings. The van der Waals surface area contributed by atoms with Gasteiger partial charge in [-0.1, -0.05) is 23.7 Å². The molecule has 0 aliphatic heterocycles. The van der Waals surface area contributed by atoms with Crippen LogP contribution in [0.15, 0.2) is 36.4 Å². The Bertz CT molecular complexity index is 987. The van der Waals surface area contributed by atoms with Crippen molar-refractivity contribution >= 4 is 50.3 Å². The van der Waals surface area contributed by atoms with Gasteiger partial charge in [0, 0.05) is 16.2 Å². The molecular weight excluding hydrogens is 355 g/mol. The molecule has 24 heavy (non-hydrogen) atoms. The summed E-state index contributed by atoms with van der Waals surface area (Å²) in [4.78, 5) is 23.1. The third kappa shape index (κ3) is 2.72. The second-order valence-electron chi connectivity index (χ2n) is 5.02. The van der Waals surface area contributed by atoms with Crippen LogP contribution in [0.2, 0.25) is 5.02 Å². The van der Waals surface area contributed by atoms with Crippen LogP contribution in [-0.2, 0) is 0 Å². The maximum Gasteiger partial charge on any atom is 0.274 e. The third-order valence-electron chi connectivity index (χ3n) is 3.56. The topological polar surface area (TPSA) is 72.2 Å². The lowest BCUT2D eigenvalue weighted by Gasteiger charge is -2.07. The number of halogens is 2. The molecule has 3 aromatic rings. The Kier molecular flexibility index (Phi) is 4.21. The summed E-state index contributed by atoms with van der Waals surface area (Å²) in [5, 5.41) is 13.8. The number of nitro groups is 1. The van der Waals surface area contributed by atoms with Gasteiger partial charge in [0.05, 0.1) is 21.2 Å². The van der Waals surface area contributed by atoms with E-state index in [-0.39, 0.29) is 21.0 Å². The first kappa shape index (κ1) is 16.4. The van der Waals surface area contributed by atoms with Crippen LogP contribution < -0.4 is 5.32 Å². The van der Waals surface area contributed by atoms with Crippen LogP contribution in [0.25, 0.3) is 10.1 Å². The Morgan fingerprint density at radius 3 is 2.67 bits per heavy atom. The molecular formula is C16H10ClFN2O3S. The molecule has 1 aromatic heterocycles. The molecule has 1 amide bonds. The van der Waals surface area contributed by atoms with Crippen molar-refractivity contribution in [1.29, 1.82) is 0 Å². The van der Waals surface area contributed by atoms with Gasteiger partial charge in [-0.25, -0.2) is 4.39 Å². The van der Waals surface area contributed by atoms with Crippen LogP contribution in [0.4, 0.5) is 15.8 Å². The second kappa shape index (κ2) is 6.18. The van der Waals surface area contributed by atoms with E-state index in [2.05, 4.69) is 5.32 Å². The first-order valence-electron chi connectivity index (χ1n) is 6.82. The summed E-state index contributed by atoms with van der Waals surface area (Å²) < 4.78 is 14.4. The predicted molar refractivity (Wildman–Crippen MR) is 92.6 cm³/mol. The first-order chi connectivity index (χ1) is 11.4. The smallest absolute Gasteiger partial charge is 0.274 e. The van der Waals surface area contributed by atoms with E-state index in [0.717, 1.165) is 11.3 Å². The highest BCUT2D eigenvalue weighted by Crippen LogP contribution is 2.37. The van der Waals surface area contributed by atoms with Crippen LogP contribution in [0.5, 0.6) is 0 Å².